The number of nitrogens with two attached hydrogens (primary N) is 2. The second-order valence-electron chi connectivity index (χ2n) is 4.33. The highest BCUT2D eigenvalue weighted by Gasteiger charge is 2.37. The van der Waals surface area contributed by atoms with E-state index in [9.17, 15) is 9.59 Å². The highest BCUT2D eigenvalue weighted by Crippen LogP contribution is 2.38. The maximum absolute atomic E-state index is 12.0. The Morgan fingerprint density at radius 3 is 2.53 bits per heavy atom. The van der Waals surface area contributed by atoms with E-state index in [1.807, 2.05) is 26.0 Å². The fourth-order valence-corrected chi connectivity index (χ4v) is 2.28. The van der Waals surface area contributed by atoms with E-state index in [4.69, 9.17) is 11.5 Å². The van der Waals surface area contributed by atoms with Gasteiger partial charge in [-0.15, -0.1) is 0 Å². The molecule has 0 saturated carbocycles. The van der Waals surface area contributed by atoms with Crippen LogP contribution in [-0.2, 0) is 9.59 Å². The molecule has 1 aliphatic rings. The first-order valence-electron chi connectivity index (χ1n) is 5.39. The average Bonchev–Trinajstić information content (AvgIpc) is 2.49. The Kier molecular flexibility index (Phi) is 2.63. The van der Waals surface area contributed by atoms with Crippen molar-refractivity contribution in [3.05, 3.63) is 28.8 Å². The van der Waals surface area contributed by atoms with Gasteiger partial charge in [0.25, 0.3) is 0 Å². The van der Waals surface area contributed by atoms with Gasteiger partial charge in [-0.1, -0.05) is 12.1 Å². The molecule has 1 heterocycles. The normalized spacial score (nSPS) is 18.4. The highest BCUT2D eigenvalue weighted by atomic mass is 16.2. The predicted octanol–water partition coefficient (Wildman–Crippen LogP) is 0.135. The maximum Gasteiger partial charge on any atom is 0.249 e. The standard InChI is InChI=1S/C12H15N3O2/c1-6-3-4-7(2)11-9(6)10(14)12(17)15(11)5-8(13)16/h3-4,10H,5,14H2,1-2H3,(H2,13,16). The molecule has 0 fully saturated rings. The van der Waals surface area contributed by atoms with E-state index in [1.54, 1.807) is 0 Å². The summed E-state index contributed by atoms with van der Waals surface area (Å²) in [5, 5.41) is 0. The summed E-state index contributed by atoms with van der Waals surface area (Å²) in [5.74, 6) is -0.810. The number of amides is 2. The molecule has 1 atom stereocenters. The minimum absolute atomic E-state index is 0.121. The summed E-state index contributed by atoms with van der Waals surface area (Å²) in [4.78, 5) is 24.4. The molecule has 0 aliphatic carbocycles. The van der Waals surface area contributed by atoms with E-state index in [-0.39, 0.29) is 12.5 Å². The summed E-state index contributed by atoms with van der Waals surface area (Å²) < 4.78 is 0. The molecule has 2 rings (SSSR count). The van der Waals surface area contributed by atoms with Crippen molar-refractivity contribution in [1.82, 2.24) is 0 Å². The molecule has 90 valence electrons. The van der Waals surface area contributed by atoms with Gasteiger partial charge in [0.1, 0.15) is 12.6 Å². The smallest absolute Gasteiger partial charge is 0.249 e. The van der Waals surface area contributed by atoms with Crippen molar-refractivity contribution in [3.63, 3.8) is 0 Å². The number of benzene rings is 1. The van der Waals surface area contributed by atoms with Crippen molar-refractivity contribution in [2.24, 2.45) is 11.5 Å². The summed E-state index contributed by atoms with van der Waals surface area (Å²) in [6, 6.07) is 3.15. The van der Waals surface area contributed by atoms with Crippen LogP contribution in [0.5, 0.6) is 0 Å². The number of hydrogen-bond donors (Lipinski definition) is 2. The second-order valence-corrected chi connectivity index (χ2v) is 4.33. The third-order valence-corrected chi connectivity index (χ3v) is 3.06. The van der Waals surface area contributed by atoms with Crippen molar-refractivity contribution in [2.45, 2.75) is 19.9 Å². The Bertz CT molecular complexity index is 511. The van der Waals surface area contributed by atoms with Gasteiger partial charge in [-0.2, -0.15) is 0 Å². The van der Waals surface area contributed by atoms with Crippen molar-refractivity contribution in [2.75, 3.05) is 11.4 Å². The molecule has 5 heteroatoms. The Labute approximate surface area is 99.4 Å². The van der Waals surface area contributed by atoms with Crippen molar-refractivity contribution < 1.29 is 9.59 Å². The summed E-state index contributed by atoms with van der Waals surface area (Å²) in [6.45, 7) is 3.67. The minimum Gasteiger partial charge on any atom is -0.368 e. The molecule has 17 heavy (non-hydrogen) atoms. The molecule has 1 aliphatic heterocycles. The van der Waals surface area contributed by atoms with E-state index < -0.39 is 11.9 Å². The van der Waals surface area contributed by atoms with Gasteiger partial charge in [0.15, 0.2) is 0 Å². The van der Waals surface area contributed by atoms with Gasteiger partial charge < -0.3 is 16.4 Å². The lowest BCUT2D eigenvalue weighted by molar-refractivity contribution is -0.122. The molecular formula is C12H15N3O2. The van der Waals surface area contributed by atoms with E-state index in [2.05, 4.69) is 0 Å². The van der Waals surface area contributed by atoms with Gasteiger partial charge in [-0.25, -0.2) is 0 Å². The predicted molar refractivity (Wildman–Crippen MR) is 64.4 cm³/mol. The number of aryl methyl sites for hydroxylation is 2. The number of rotatable bonds is 2. The lowest BCUT2D eigenvalue weighted by Crippen LogP contribution is -2.38. The Hall–Kier alpha value is -1.88. The molecule has 2 amide bonds. The van der Waals surface area contributed by atoms with Crippen LogP contribution < -0.4 is 16.4 Å². The number of primary amides is 1. The van der Waals surface area contributed by atoms with E-state index in [0.717, 1.165) is 22.4 Å². The molecule has 0 bridgehead atoms. The fraction of sp³-hybridized carbons (Fsp3) is 0.333. The SMILES string of the molecule is Cc1ccc(C)c2c1C(N)C(=O)N2CC(N)=O. The zero-order chi connectivity index (χ0) is 12.7. The van der Waals surface area contributed by atoms with Crippen LogP contribution in [0.3, 0.4) is 0 Å². The van der Waals surface area contributed by atoms with Crippen LogP contribution in [0.4, 0.5) is 5.69 Å². The quantitative estimate of drug-likeness (QED) is 0.761. The molecule has 0 spiro atoms. The van der Waals surface area contributed by atoms with Gasteiger partial charge >= 0.3 is 0 Å². The van der Waals surface area contributed by atoms with Crippen LogP contribution in [0.1, 0.15) is 22.7 Å². The van der Waals surface area contributed by atoms with Crippen molar-refractivity contribution in [1.29, 1.82) is 0 Å². The molecule has 4 N–H and O–H groups in total. The second kappa shape index (κ2) is 3.85. The molecule has 0 aromatic heterocycles. The summed E-state index contributed by atoms with van der Waals surface area (Å²) in [7, 11) is 0. The maximum atomic E-state index is 12.0. The van der Waals surface area contributed by atoms with Gasteiger partial charge in [0.2, 0.25) is 11.8 Å². The van der Waals surface area contributed by atoms with Crippen LogP contribution >= 0.6 is 0 Å². The fourth-order valence-electron chi connectivity index (χ4n) is 2.28. The third kappa shape index (κ3) is 1.68. The minimum atomic E-state index is -0.691. The van der Waals surface area contributed by atoms with Gasteiger partial charge in [-0.3, -0.25) is 9.59 Å². The molecule has 1 unspecified atom stereocenters. The average molecular weight is 233 g/mol. The van der Waals surface area contributed by atoms with Gasteiger partial charge in [0, 0.05) is 5.56 Å². The van der Waals surface area contributed by atoms with Crippen LogP contribution in [0.15, 0.2) is 12.1 Å². The number of anilines is 1. The Morgan fingerprint density at radius 1 is 1.35 bits per heavy atom. The molecule has 0 radical (unpaired) electrons. The van der Waals surface area contributed by atoms with Crippen molar-refractivity contribution in [3.8, 4) is 0 Å². The Morgan fingerprint density at radius 2 is 1.94 bits per heavy atom. The first-order chi connectivity index (χ1) is 7.93. The van der Waals surface area contributed by atoms with Crippen LogP contribution in [-0.4, -0.2) is 18.4 Å². The molecule has 5 nitrogen and oxygen atoms in total. The number of fused-ring (bicyclic) bond motifs is 1. The number of carbonyl (C=O) groups is 2. The zero-order valence-electron chi connectivity index (χ0n) is 9.86. The van der Waals surface area contributed by atoms with Crippen LogP contribution in [0, 0.1) is 13.8 Å². The molecule has 0 saturated heterocycles. The summed E-state index contributed by atoms with van der Waals surface area (Å²) in [6.07, 6.45) is 0. The van der Waals surface area contributed by atoms with E-state index in [1.165, 1.54) is 4.90 Å². The number of carbonyl (C=O) groups excluding carboxylic acids is 2. The van der Waals surface area contributed by atoms with Gasteiger partial charge in [0.05, 0.1) is 5.69 Å². The van der Waals surface area contributed by atoms with E-state index >= 15 is 0 Å². The lowest BCUT2D eigenvalue weighted by Gasteiger charge is -2.17. The van der Waals surface area contributed by atoms with Crippen molar-refractivity contribution >= 4 is 17.5 Å². The number of hydrogen-bond acceptors (Lipinski definition) is 3. The molecule has 1 aromatic carbocycles. The summed E-state index contributed by atoms with van der Waals surface area (Å²) >= 11 is 0. The van der Waals surface area contributed by atoms with Gasteiger partial charge in [-0.05, 0) is 25.0 Å². The van der Waals surface area contributed by atoms with Crippen LogP contribution in [0.25, 0.3) is 0 Å². The largest absolute Gasteiger partial charge is 0.368 e. The third-order valence-electron chi connectivity index (χ3n) is 3.06. The van der Waals surface area contributed by atoms with E-state index in [0.29, 0.717) is 0 Å². The lowest BCUT2D eigenvalue weighted by atomic mass is 10.00. The van der Waals surface area contributed by atoms with Crippen LogP contribution in [0.2, 0.25) is 0 Å². The topological polar surface area (TPSA) is 89.4 Å². The first-order valence-corrected chi connectivity index (χ1v) is 5.39. The monoisotopic (exact) mass is 233 g/mol. The molecule has 1 aromatic rings. The highest BCUT2D eigenvalue weighted by molar-refractivity contribution is 6.08. The first kappa shape index (κ1) is 11.6. The number of nitrogens with zero attached hydrogens (tertiary/aromatic N) is 1. The summed E-state index contributed by atoms with van der Waals surface area (Å²) in [5.41, 5.74) is 14.5. The zero-order valence-corrected chi connectivity index (χ0v) is 9.86. The molecular weight excluding hydrogens is 218 g/mol. The Balaban J connectivity index is 2.59.